The molecule has 120 valence electrons. The topological polar surface area (TPSA) is 149 Å². The van der Waals surface area contributed by atoms with Gasteiger partial charge in [0.25, 0.3) is 5.56 Å². The Bertz CT molecular complexity index is 728. The van der Waals surface area contributed by atoms with Crippen molar-refractivity contribution in [2.24, 2.45) is 0 Å². The van der Waals surface area contributed by atoms with E-state index in [1.807, 2.05) is 0 Å². The van der Waals surface area contributed by atoms with Gasteiger partial charge in [-0.25, -0.2) is 4.98 Å². The van der Waals surface area contributed by atoms with E-state index in [1.165, 1.54) is 10.9 Å². The number of H-pyrrole nitrogens is 1. The third-order valence-electron chi connectivity index (χ3n) is 3.58. The summed E-state index contributed by atoms with van der Waals surface area (Å²) in [6, 6.07) is 0. The first-order valence-corrected chi connectivity index (χ1v) is 6.85. The molecule has 10 heteroatoms. The summed E-state index contributed by atoms with van der Waals surface area (Å²) in [4.78, 5) is 22.2. The van der Waals surface area contributed by atoms with Crippen LogP contribution in [0.5, 0.6) is 0 Å². The molecule has 10 nitrogen and oxygen atoms in total. The van der Waals surface area contributed by atoms with Crippen molar-refractivity contribution < 1.29 is 19.7 Å². The molecule has 2 aromatic rings. The molecule has 3 rings (SSSR count). The Hall–Kier alpha value is -2.01. The monoisotopic (exact) mass is 311 g/mol. The number of aliphatic hydroxyl groups is 2. The zero-order valence-corrected chi connectivity index (χ0v) is 11.8. The van der Waals surface area contributed by atoms with E-state index >= 15 is 0 Å². The lowest BCUT2D eigenvalue weighted by atomic mass is 10.1. The van der Waals surface area contributed by atoms with Crippen LogP contribution in [0, 0.1) is 0 Å². The predicted octanol–water partition coefficient (Wildman–Crippen LogP) is -1.64. The van der Waals surface area contributed by atoms with Crippen molar-refractivity contribution >= 4 is 17.1 Å². The van der Waals surface area contributed by atoms with Crippen LogP contribution in [0.25, 0.3) is 11.2 Å². The van der Waals surface area contributed by atoms with Crippen LogP contribution in [0.4, 0.5) is 5.95 Å². The first-order chi connectivity index (χ1) is 10.6. The van der Waals surface area contributed by atoms with Crippen LogP contribution in [0.2, 0.25) is 0 Å². The number of imidazole rings is 1. The van der Waals surface area contributed by atoms with Crippen molar-refractivity contribution in [1.29, 1.82) is 0 Å². The minimum absolute atomic E-state index is 0.0514. The van der Waals surface area contributed by atoms with Gasteiger partial charge in [0.1, 0.15) is 18.3 Å². The number of nitrogen functional groups attached to an aromatic ring is 1. The minimum atomic E-state index is -1.01. The highest BCUT2D eigenvalue weighted by Crippen LogP contribution is 2.33. The number of nitrogens with zero attached hydrogens (tertiary/aromatic N) is 3. The molecule has 5 N–H and O–H groups in total. The number of ether oxygens (including phenoxy) is 2. The molecule has 2 aromatic heterocycles. The normalized spacial score (nSPS) is 28.5. The van der Waals surface area contributed by atoms with Crippen molar-refractivity contribution in [1.82, 2.24) is 19.5 Å². The molecule has 0 saturated carbocycles. The maximum Gasteiger partial charge on any atom is 0.280 e. The number of hydrogen-bond acceptors (Lipinski definition) is 8. The van der Waals surface area contributed by atoms with Crippen molar-refractivity contribution in [3.05, 3.63) is 16.7 Å². The predicted molar refractivity (Wildman–Crippen MR) is 75.0 cm³/mol. The van der Waals surface area contributed by atoms with Gasteiger partial charge >= 0.3 is 0 Å². The van der Waals surface area contributed by atoms with Gasteiger partial charge in [0.15, 0.2) is 17.4 Å². The number of aromatic amines is 1. The van der Waals surface area contributed by atoms with Crippen molar-refractivity contribution in [2.45, 2.75) is 31.5 Å². The highest BCUT2D eigenvalue weighted by Gasteiger charge is 2.45. The number of hydrogen-bond donors (Lipinski definition) is 4. The third kappa shape index (κ3) is 2.25. The van der Waals surface area contributed by atoms with Gasteiger partial charge in [-0.05, 0) is 6.92 Å². The average molecular weight is 311 g/mol. The molecule has 4 atom stereocenters. The van der Waals surface area contributed by atoms with Crippen LogP contribution in [-0.4, -0.2) is 61.3 Å². The van der Waals surface area contributed by atoms with E-state index in [0.29, 0.717) is 6.61 Å². The van der Waals surface area contributed by atoms with Gasteiger partial charge in [0.2, 0.25) is 5.95 Å². The average Bonchev–Trinajstić information content (AvgIpc) is 3.02. The summed E-state index contributed by atoms with van der Waals surface area (Å²) in [5.74, 6) is -0.0514. The van der Waals surface area contributed by atoms with Crippen LogP contribution >= 0.6 is 0 Å². The molecule has 0 bridgehead atoms. The van der Waals surface area contributed by atoms with Gasteiger partial charge in [-0.2, -0.15) is 4.98 Å². The highest BCUT2D eigenvalue weighted by molar-refractivity contribution is 5.70. The number of anilines is 1. The van der Waals surface area contributed by atoms with Crippen LogP contribution in [0.15, 0.2) is 11.1 Å². The highest BCUT2D eigenvalue weighted by atomic mass is 16.6. The number of fused-ring (bicyclic) bond motifs is 1. The van der Waals surface area contributed by atoms with E-state index in [4.69, 9.17) is 15.2 Å². The summed E-state index contributed by atoms with van der Waals surface area (Å²) < 4.78 is 12.6. The first kappa shape index (κ1) is 14.9. The number of aliphatic hydroxyl groups excluding tert-OH is 2. The Balaban J connectivity index is 2.07. The van der Waals surface area contributed by atoms with Crippen LogP contribution in [-0.2, 0) is 9.47 Å². The van der Waals surface area contributed by atoms with E-state index in [-0.39, 0.29) is 23.7 Å². The second-order valence-electron chi connectivity index (χ2n) is 4.93. The second kappa shape index (κ2) is 5.65. The number of aromatic nitrogens is 4. The molecule has 0 unspecified atom stereocenters. The van der Waals surface area contributed by atoms with Crippen LogP contribution in [0.1, 0.15) is 13.2 Å². The lowest BCUT2D eigenvalue weighted by Gasteiger charge is -2.21. The molecule has 1 fully saturated rings. The van der Waals surface area contributed by atoms with Gasteiger partial charge in [0, 0.05) is 6.61 Å². The summed E-state index contributed by atoms with van der Waals surface area (Å²) in [7, 11) is 0. The van der Waals surface area contributed by atoms with Crippen molar-refractivity contribution in [3.63, 3.8) is 0 Å². The molecule has 1 aliphatic rings. The fourth-order valence-corrected chi connectivity index (χ4v) is 2.59. The Morgan fingerprint density at radius 2 is 2.36 bits per heavy atom. The molecule has 22 heavy (non-hydrogen) atoms. The lowest BCUT2D eigenvalue weighted by molar-refractivity contribution is -0.0676. The largest absolute Gasteiger partial charge is 0.394 e. The Morgan fingerprint density at radius 1 is 1.59 bits per heavy atom. The SMILES string of the molecule is CCO[C@@H]1[C@@H](O)[C@@H](CO)O[C@H]1n1cnc2c(=O)[nH]c(N)nc21. The summed E-state index contributed by atoms with van der Waals surface area (Å²) in [6.07, 6.45) is -1.92. The summed E-state index contributed by atoms with van der Waals surface area (Å²) in [5, 5.41) is 19.5. The molecule has 0 aromatic carbocycles. The fourth-order valence-electron chi connectivity index (χ4n) is 2.59. The number of nitrogens with one attached hydrogen (secondary N) is 1. The molecule has 0 aliphatic carbocycles. The molecule has 1 aliphatic heterocycles. The Kier molecular flexibility index (Phi) is 3.83. The Morgan fingerprint density at radius 3 is 3.05 bits per heavy atom. The fraction of sp³-hybridized carbons (Fsp3) is 0.583. The molecule has 0 spiro atoms. The standard InChI is InChI=1S/C12H17N5O5/c1-2-21-8-7(19)5(3-18)22-11(8)17-4-14-6-9(17)15-12(13)16-10(6)20/h4-5,7-8,11,18-19H,2-3H2,1H3,(H3,13,15,16,20)/t5-,7+,8-,11-/m1/s1. The van der Waals surface area contributed by atoms with Crippen molar-refractivity contribution in [2.75, 3.05) is 18.9 Å². The summed E-state index contributed by atoms with van der Waals surface area (Å²) in [6.45, 7) is 1.77. The molecule has 3 heterocycles. The maximum atomic E-state index is 11.8. The number of nitrogens with two attached hydrogens (primary N) is 1. The minimum Gasteiger partial charge on any atom is -0.394 e. The van der Waals surface area contributed by atoms with E-state index in [1.54, 1.807) is 6.92 Å². The van der Waals surface area contributed by atoms with E-state index in [2.05, 4.69) is 15.0 Å². The smallest absolute Gasteiger partial charge is 0.280 e. The molecule has 0 radical (unpaired) electrons. The van der Waals surface area contributed by atoms with Gasteiger partial charge in [0.05, 0.1) is 12.9 Å². The maximum absolute atomic E-state index is 11.8. The zero-order valence-electron chi connectivity index (χ0n) is 11.8. The quantitative estimate of drug-likeness (QED) is 0.525. The molecule has 0 amide bonds. The van der Waals surface area contributed by atoms with Gasteiger partial charge in [-0.3, -0.25) is 14.3 Å². The number of rotatable bonds is 4. The van der Waals surface area contributed by atoms with Gasteiger partial charge in [-0.1, -0.05) is 0 Å². The summed E-state index contributed by atoms with van der Waals surface area (Å²) >= 11 is 0. The molecular formula is C12H17N5O5. The van der Waals surface area contributed by atoms with Crippen molar-refractivity contribution in [3.8, 4) is 0 Å². The zero-order chi connectivity index (χ0) is 15.9. The van der Waals surface area contributed by atoms with Crippen LogP contribution in [0.3, 0.4) is 0 Å². The second-order valence-corrected chi connectivity index (χ2v) is 4.93. The first-order valence-electron chi connectivity index (χ1n) is 6.85. The van der Waals surface area contributed by atoms with Crippen LogP contribution < -0.4 is 11.3 Å². The molecular weight excluding hydrogens is 294 g/mol. The van der Waals surface area contributed by atoms with Gasteiger partial charge < -0.3 is 25.4 Å². The summed E-state index contributed by atoms with van der Waals surface area (Å²) in [5.41, 5.74) is 5.42. The van der Waals surface area contributed by atoms with Gasteiger partial charge in [-0.15, -0.1) is 0 Å². The third-order valence-corrected chi connectivity index (χ3v) is 3.58. The Labute approximate surface area is 124 Å². The van der Waals surface area contributed by atoms with E-state index in [0.717, 1.165) is 0 Å². The van der Waals surface area contributed by atoms with E-state index < -0.39 is 30.1 Å². The molecule has 1 saturated heterocycles. The lowest BCUT2D eigenvalue weighted by Crippen LogP contribution is -2.35. The van der Waals surface area contributed by atoms with E-state index in [9.17, 15) is 15.0 Å².